The van der Waals surface area contributed by atoms with Crippen LogP contribution in [0.3, 0.4) is 0 Å². The summed E-state index contributed by atoms with van der Waals surface area (Å²) in [6.07, 6.45) is 3.78. The van der Waals surface area contributed by atoms with Crippen molar-refractivity contribution in [2.45, 2.75) is 30.3 Å². The highest BCUT2D eigenvalue weighted by molar-refractivity contribution is 6.58. The van der Waals surface area contributed by atoms with Gasteiger partial charge in [0.05, 0.1) is 18.3 Å². The van der Waals surface area contributed by atoms with Gasteiger partial charge >= 0.3 is 0 Å². The summed E-state index contributed by atoms with van der Waals surface area (Å²) in [6, 6.07) is 4.78. The van der Waals surface area contributed by atoms with E-state index in [4.69, 9.17) is 28.3 Å². The van der Waals surface area contributed by atoms with Crippen LogP contribution >= 0.6 is 0 Å². The van der Waals surface area contributed by atoms with E-state index in [1.807, 2.05) is 0 Å². The predicted molar refractivity (Wildman–Crippen MR) is 117 cm³/mol. The number of pyridine rings is 1. The van der Waals surface area contributed by atoms with Gasteiger partial charge in [0.15, 0.2) is 5.65 Å². The zero-order chi connectivity index (χ0) is 22.2. The molecule has 0 aliphatic heterocycles. The number of carbonyl (C=O) groups excluding carboxylic acids is 1. The lowest BCUT2D eigenvalue weighted by Crippen LogP contribution is -2.50. The molecule has 1 amide bonds. The third-order valence-electron chi connectivity index (χ3n) is 4.83. The monoisotopic (exact) mass is 413 g/mol. The maximum atomic E-state index is 12.7. The smallest absolute Gasteiger partial charge is 0.257 e. The van der Waals surface area contributed by atoms with Gasteiger partial charge in [-0.2, -0.15) is 9.61 Å². The van der Waals surface area contributed by atoms with Crippen molar-refractivity contribution in [3.8, 4) is 5.88 Å². The normalized spacial score (nSPS) is 18.3. The van der Waals surface area contributed by atoms with E-state index in [0.717, 1.165) is 6.42 Å². The molecule has 4 N–H and O–H groups in total. The zero-order valence-corrected chi connectivity index (χ0v) is 16.7. The van der Waals surface area contributed by atoms with Crippen LogP contribution in [0.4, 0.5) is 17.3 Å². The average Bonchev–Trinajstić information content (AvgIpc) is 3.14. The topological polar surface area (TPSA) is 126 Å². The largest absolute Gasteiger partial charge is 0.499 e. The minimum Gasteiger partial charge on any atom is -0.499 e. The molecule has 13 heteroatoms. The van der Waals surface area contributed by atoms with Gasteiger partial charge in [-0.25, -0.2) is 9.97 Å². The number of hydrogen-bond acceptors (Lipinski definition) is 8. The van der Waals surface area contributed by atoms with Crippen molar-refractivity contribution in [1.82, 2.24) is 24.9 Å². The first kappa shape index (κ1) is 21.0. The molecule has 0 aromatic carbocycles. The summed E-state index contributed by atoms with van der Waals surface area (Å²) >= 11 is 0. The van der Waals surface area contributed by atoms with Gasteiger partial charge in [-0.15, -0.1) is 0 Å². The maximum absolute atomic E-state index is 12.7. The highest BCUT2D eigenvalue weighted by atomic mass is 16.5. The highest BCUT2D eigenvalue weighted by Crippen LogP contribution is 2.28. The SMILES string of the molecule is [B]C([B])([B])Oc1ncccc1Nc1cc(NC)n2ncc(C(=O)N[C@@H]3CC[C@H]3O)c2n1. The Balaban J connectivity index is 1.67. The number of fused-ring (bicyclic) bond motifs is 1. The fourth-order valence-corrected chi connectivity index (χ4v) is 3.13. The quantitative estimate of drug-likeness (QED) is 0.388. The van der Waals surface area contributed by atoms with Gasteiger partial charge in [0.25, 0.3) is 5.91 Å². The summed E-state index contributed by atoms with van der Waals surface area (Å²) in [5.74, 6) is 0.667. The van der Waals surface area contributed by atoms with Crippen molar-refractivity contribution in [3.05, 3.63) is 36.2 Å². The van der Waals surface area contributed by atoms with Crippen LogP contribution in [-0.4, -0.2) is 78.6 Å². The summed E-state index contributed by atoms with van der Waals surface area (Å²) in [7, 11) is 18.3. The van der Waals surface area contributed by atoms with Crippen molar-refractivity contribution in [2.24, 2.45) is 0 Å². The van der Waals surface area contributed by atoms with Gasteiger partial charge in [0.1, 0.15) is 46.4 Å². The first-order valence-electron chi connectivity index (χ1n) is 9.58. The number of hydrogen-bond donors (Lipinski definition) is 4. The molecule has 2 atom stereocenters. The molecule has 0 saturated heterocycles. The molecule has 1 aliphatic rings. The Morgan fingerprint density at radius 3 is 2.81 bits per heavy atom. The van der Waals surface area contributed by atoms with Crippen molar-refractivity contribution in [1.29, 1.82) is 0 Å². The van der Waals surface area contributed by atoms with Crippen LogP contribution in [-0.2, 0) is 0 Å². The molecule has 31 heavy (non-hydrogen) atoms. The van der Waals surface area contributed by atoms with Crippen molar-refractivity contribution in [3.63, 3.8) is 0 Å². The van der Waals surface area contributed by atoms with Gasteiger partial charge in [0.2, 0.25) is 5.88 Å². The van der Waals surface area contributed by atoms with Crippen LogP contribution in [0.5, 0.6) is 5.88 Å². The molecule has 3 aromatic heterocycles. The summed E-state index contributed by atoms with van der Waals surface area (Å²) in [5, 5.41) is 21.0. The molecule has 1 aliphatic carbocycles. The minimum absolute atomic E-state index is 0.0770. The Morgan fingerprint density at radius 2 is 2.16 bits per heavy atom. The fraction of sp³-hybridized carbons (Fsp3) is 0.333. The van der Waals surface area contributed by atoms with Crippen LogP contribution in [0.15, 0.2) is 30.6 Å². The first-order chi connectivity index (χ1) is 14.7. The number of ether oxygens (including phenoxy) is 1. The zero-order valence-electron chi connectivity index (χ0n) is 16.7. The molecule has 0 unspecified atom stereocenters. The van der Waals surface area contributed by atoms with E-state index in [2.05, 4.69) is 31.0 Å². The van der Waals surface area contributed by atoms with Gasteiger partial charge < -0.3 is 25.8 Å². The van der Waals surface area contributed by atoms with E-state index in [1.54, 1.807) is 25.2 Å². The Hall–Kier alpha value is -3.21. The Morgan fingerprint density at radius 1 is 1.35 bits per heavy atom. The highest BCUT2D eigenvalue weighted by Gasteiger charge is 2.31. The van der Waals surface area contributed by atoms with Crippen LogP contribution < -0.4 is 20.7 Å². The van der Waals surface area contributed by atoms with Gasteiger partial charge in [0, 0.05) is 19.3 Å². The molecule has 6 radical (unpaired) electrons. The molecule has 3 aromatic rings. The Kier molecular flexibility index (Phi) is 5.53. The van der Waals surface area contributed by atoms with E-state index in [0.29, 0.717) is 29.4 Å². The number of amides is 1. The molecular formula is C18H18B3N7O3. The number of anilines is 3. The van der Waals surface area contributed by atoms with E-state index in [1.165, 1.54) is 16.9 Å². The number of carbonyl (C=O) groups is 1. The maximum Gasteiger partial charge on any atom is 0.257 e. The van der Waals surface area contributed by atoms with E-state index < -0.39 is 11.4 Å². The van der Waals surface area contributed by atoms with Crippen LogP contribution in [0, 0.1) is 0 Å². The molecule has 3 heterocycles. The van der Waals surface area contributed by atoms with Crippen LogP contribution in [0.2, 0.25) is 0 Å². The molecule has 152 valence electrons. The minimum atomic E-state index is -1.92. The summed E-state index contributed by atoms with van der Waals surface area (Å²) in [4.78, 5) is 21.3. The second kappa shape index (κ2) is 8.14. The first-order valence-corrected chi connectivity index (χ1v) is 9.58. The predicted octanol–water partition coefficient (Wildman–Crippen LogP) is -0.342. The lowest BCUT2D eigenvalue weighted by Gasteiger charge is -2.32. The number of rotatable bonds is 7. The summed E-state index contributed by atoms with van der Waals surface area (Å²) < 4.78 is 6.78. The lowest BCUT2D eigenvalue weighted by molar-refractivity contribution is 0.0448. The second-order valence-electron chi connectivity index (χ2n) is 7.23. The number of nitrogens with one attached hydrogen (secondary N) is 3. The van der Waals surface area contributed by atoms with Crippen molar-refractivity contribution < 1.29 is 14.6 Å². The van der Waals surface area contributed by atoms with E-state index >= 15 is 0 Å². The number of aliphatic hydroxyl groups excluding tert-OH is 1. The number of aliphatic hydroxyl groups is 1. The van der Waals surface area contributed by atoms with Gasteiger partial charge in [-0.1, -0.05) is 0 Å². The van der Waals surface area contributed by atoms with Crippen molar-refractivity contribution >= 4 is 52.4 Å². The summed E-state index contributed by atoms with van der Waals surface area (Å²) in [6.45, 7) is 0. The fourth-order valence-electron chi connectivity index (χ4n) is 3.13. The molecule has 0 spiro atoms. The standard InChI is InChI=1S/C18H18B3N7O3/c1-22-14-7-13(25-11-3-2-6-23-17(11)31-18(19,20)21)27-15-9(8-24-28(14)15)16(30)26-10-4-5-12(10)29/h2-3,6-8,10,12,22,29H,4-5H2,1H3,(H,25,27)(H,26,30)/t10-,12-/m1/s1. The third kappa shape index (κ3) is 4.46. The molecular weight excluding hydrogens is 395 g/mol. The molecule has 10 nitrogen and oxygen atoms in total. The number of aromatic nitrogens is 4. The van der Waals surface area contributed by atoms with Crippen molar-refractivity contribution in [2.75, 3.05) is 17.7 Å². The van der Waals surface area contributed by atoms with Crippen LogP contribution in [0.1, 0.15) is 23.2 Å². The molecule has 4 rings (SSSR count). The average molecular weight is 413 g/mol. The Bertz CT molecular complexity index is 1120. The number of nitrogens with zero attached hydrogens (tertiary/aromatic N) is 4. The molecule has 1 fully saturated rings. The van der Waals surface area contributed by atoms with E-state index in [9.17, 15) is 9.90 Å². The molecule has 0 bridgehead atoms. The third-order valence-corrected chi connectivity index (χ3v) is 4.83. The second-order valence-corrected chi connectivity index (χ2v) is 7.23. The summed E-state index contributed by atoms with van der Waals surface area (Å²) in [5.41, 5.74) is 1.000. The van der Waals surface area contributed by atoms with Crippen LogP contribution in [0.25, 0.3) is 5.65 Å². The molecule has 1 saturated carbocycles. The van der Waals surface area contributed by atoms with Gasteiger partial charge in [-0.3, -0.25) is 4.79 Å². The van der Waals surface area contributed by atoms with Gasteiger partial charge in [-0.05, 0) is 30.3 Å². The van der Waals surface area contributed by atoms with E-state index in [-0.39, 0.29) is 23.4 Å². The Labute approximate surface area is 182 Å². The lowest BCUT2D eigenvalue weighted by atomic mass is 9.52.